The van der Waals surface area contributed by atoms with Crippen molar-refractivity contribution in [1.82, 2.24) is 9.88 Å². The summed E-state index contributed by atoms with van der Waals surface area (Å²) < 4.78 is 1.91. The first-order valence-corrected chi connectivity index (χ1v) is 7.92. The molecule has 1 unspecified atom stereocenters. The number of aliphatic hydroxyl groups is 1. The summed E-state index contributed by atoms with van der Waals surface area (Å²) in [6, 6.07) is 16.4. The van der Waals surface area contributed by atoms with E-state index in [1.165, 1.54) is 0 Å². The minimum absolute atomic E-state index is 0.0466. The van der Waals surface area contributed by atoms with Crippen LogP contribution in [0.1, 0.15) is 11.7 Å². The summed E-state index contributed by atoms with van der Waals surface area (Å²) in [6.07, 6.45) is 0.922. The fourth-order valence-corrected chi connectivity index (χ4v) is 2.73. The highest BCUT2D eigenvalue weighted by Crippen LogP contribution is 2.25. The minimum atomic E-state index is -0.903. The van der Waals surface area contributed by atoms with Gasteiger partial charge in [0, 0.05) is 41.9 Å². The number of anilines is 1. The molecule has 0 bridgehead atoms. The van der Waals surface area contributed by atoms with Crippen LogP contribution in [0.15, 0.2) is 60.8 Å². The van der Waals surface area contributed by atoms with Crippen LogP contribution in [-0.2, 0) is 16.6 Å². The predicted octanol–water partition coefficient (Wildman–Crippen LogP) is 1.97. The van der Waals surface area contributed by atoms with E-state index in [0.717, 1.165) is 10.9 Å². The molecule has 2 aromatic carbocycles. The van der Waals surface area contributed by atoms with Gasteiger partial charge in [0.15, 0.2) is 0 Å². The second kappa shape index (κ2) is 7.19. The van der Waals surface area contributed by atoms with Gasteiger partial charge in [-0.15, -0.1) is 0 Å². The van der Waals surface area contributed by atoms with Gasteiger partial charge in [0.1, 0.15) is 0 Å². The Morgan fingerprint density at radius 3 is 2.48 bits per heavy atom. The van der Waals surface area contributed by atoms with Crippen LogP contribution in [-0.4, -0.2) is 28.0 Å². The maximum Gasteiger partial charge on any atom is 0.313 e. The summed E-state index contributed by atoms with van der Waals surface area (Å²) in [7, 11) is 1.89. The lowest BCUT2D eigenvalue weighted by Gasteiger charge is -2.11. The van der Waals surface area contributed by atoms with Crippen LogP contribution in [0.4, 0.5) is 5.69 Å². The van der Waals surface area contributed by atoms with E-state index in [1.54, 1.807) is 24.3 Å². The summed E-state index contributed by atoms with van der Waals surface area (Å²) >= 11 is 0. The molecule has 0 aliphatic heterocycles. The third kappa shape index (κ3) is 3.70. The van der Waals surface area contributed by atoms with Crippen molar-refractivity contribution >= 4 is 28.4 Å². The highest BCUT2D eigenvalue weighted by atomic mass is 16.3. The Hall–Kier alpha value is -3.12. The maximum atomic E-state index is 11.9. The lowest BCUT2D eigenvalue weighted by molar-refractivity contribution is -0.136. The number of nitrogens with one attached hydrogen (secondary N) is 2. The van der Waals surface area contributed by atoms with Gasteiger partial charge < -0.3 is 20.3 Å². The Bertz CT molecular complexity index is 903. The van der Waals surface area contributed by atoms with Gasteiger partial charge >= 0.3 is 11.8 Å². The number of aromatic nitrogens is 1. The van der Waals surface area contributed by atoms with Crippen LogP contribution >= 0.6 is 0 Å². The number of nitrogens with zero attached hydrogens (tertiary/aromatic N) is 1. The molecule has 0 spiro atoms. The number of carbonyl (C=O) groups excluding carboxylic acids is 2. The first-order valence-electron chi connectivity index (χ1n) is 7.92. The molecule has 3 N–H and O–H groups in total. The third-order valence-electron chi connectivity index (χ3n) is 3.98. The first-order chi connectivity index (χ1) is 12.1. The number of benzene rings is 2. The molecule has 0 fully saturated rings. The molecule has 1 atom stereocenters. The summed E-state index contributed by atoms with van der Waals surface area (Å²) in [5.74, 6) is -1.56. The first kappa shape index (κ1) is 16.7. The fourth-order valence-electron chi connectivity index (χ4n) is 2.73. The molecule has 2 amide bonds. The summed E-state index contributed by atoms with van der Waals surface area (Å²) in [4.78, 5) is 23.8. The van der Waals surface area contributed by atoms with Crippen LogP contribution in [0.5, 0.6) is 0 Å². The van der Waals surface area contributed by atoms with Crippen LogP contribution in [0.25, 0.3) is 10.9 Å². The van der Waals surface area contributed by atoms with Crippen LogP contribution in [0.3, 0.4) is 0 Å². The van der Waals surface area contributed by atoms with E-state index < -0.39 is 17.9 Å². The molecule has 128 valence electrons. The van der Waals surface area contributed by atoms with E-state index in [0.29, 0.717) is 11.3 Å². The van der Waals surface area contributed by atoms with Gasteiger partial charge in [0.25, 0.3) is 0 Å². The Kier molecular flexibility index (Phi) is 4.81. The molecule has 3 aromatic rings. The monoisotopic (exact) mass is 337 g/mol. The number of aryl methyl sites for hydroxylation is 1. The standard InChI is InChI=1S/C19H19N3O3/c1-22-12-15(14-9-5-6-10-16(14)22)17(23)11-20-18(24)19(25)21-13-7-3-2-4-8-13/h2-10,12,17,23H,11H2,1H3,(H,20,24)(H,21,25). The Morgan fingerprint density at radius 1 is 1.04 bits per heavy atom. The Morgan fingerprint density at radius 2 is 1.72 bits per heavy atom. The molecule has 1 heterocycles. The van der Waals surface area contributed by atoms with Crippen molar-refractivity contribution in [2.24, 2.45) is 7.05 Å². The normalized spacial score (nSPS) is 11.9. The number of amides is 2. The molecule has 0 saturated carbocycles. The van der Waals surface area contributed by atoms with Crippen molar-refractivity contribution in [2.45, 2.75) is 6.10 Å². The van der Waals surface area contributed by atoms with Crippen LogP contribution in [0.2, 0.25) is 0 Å². The number of para-hydroxylation sites is 2. The Labute approximate surface area is 145 Å². The van der Waals surface area contributed by atoms with E-state index in [9.17, 15) is 14.7 Å². The van der Waals surface area contributed by atoms with Gasteiger partial charge in [0.2, 0.25) is 0 Å². The van der Waals surface area contributed by atoms with E-state index in [-0.39, 0.29) is 6.54 Å². The third-order valence-corrected chi connectivity index (χ3v) is 3.98. The highest BCUT2D eigenvalue weighted by Gasteiger charge is 2.18. The second-order valence-electron chi connectivity index (χ2n) is 5.76. The van der Waals surface area contributed by atoms with Crippen LogP contribution in [0, 0.1) is 0 Å². The van der Waals surface area contributed by atoms with Gasteiger partial charge in [-0.25, -0.2) is 0 Å². The zero-order chi connectivity index (χ0) is 17.8. The molecule has 3 rings (SSSR count). The molecule has 1 aromatic heterocycles. The predicted molar refractivity (Wildman–Crippen MR) is 96.0 cm³/mol. The van der Waals surface area contributed by atoms with Crippen molar-refractivity contribution in [1.29, 1.82) is 0 Å². The molecular formula is C19H19N3O3. The van der Waals surface area contributed by atoms with Gasteiger partial charge in [-0.3, -0.25) is 9.59 Å². The molecule has 0 saturated heterocycles. The van der Waals surface area contributed by atoms with Crippen LogP contribution < -0.4 is 10.6 Å². The molecule has 0 aliphatic carbocycles. The quantitative estimate of drug-likeness (QED) is 0.637. The topological polar surface area (TPSA) is 83.4 Å². The zero-order valence-corrected chi connectivity index (χ0v) is 13.8. The molecule has 0 aliphatic rings. The van der Waals surface area contributed by atoms with Gasteiger partial charge in [-0.05, 0) is 18.2 Å². The van der Waals surface area contributed by atoms with Crippen molar-refractivity contribution in [3.05, 3.63) is 66.4 Å². The average molecular weight is 337 g/mol. The maximum absolute atomic E-state index is 11.9. The fraction of sp³-hybridized carbons (Fsp3) is 0.158. The molecule has 0 radical (unpaired) electrons. The molecule has 6 heteroatoms. The number of hydrogen-bond acceptors (Lipinski definition) is 3. The second-order valence-corrected chi connectivity index (χ2v) is 5.76. The van der Waals surface area contributed by atoms with E-state index in [2.05, 4.69) is 10.6 Å². The van der Waals surface area contributed by atoms with E-state index >= 15 is 0 Å². The van der Waals surface area contributed by atoms with Gasteiger partial charge in [-0.1, -0.05) is 36.4 Å². The van der Waals surface area contributed by atoms with Crippen molar-refractivity contribution in [3.63, 3.8) is 0 Å². The lowest BCUT2D eigenvalue weighted by Crippen LogP contribution is -2.37. The SMILES string of the molecule is Cn1cc(C(O)CNC(=O)C(=O)Nc2ccccc2)c2ccccc21. The molecular weight excluding hydrogens is 318 g/mol. The minimum Gasteiger partial charge on any atom is -0.386 e. The number of rotatable bonds is 4. The van der Waals surface area contributed by atoms with Crippen molar-refractivity contribution in [3.8, 4) is 0 Å². The van der Waals surface area contributed by atoms with E-state index in [4.69, 9.17) is 0 Å². The van der Waals surface area contributed by atoms with Gasteiger partial charge in [0.05, 0.1) is 6.10 Å². The average Bonchev–Trinajstić information content (AvgIpc) is 2.97. The smallest absolute Gasteiger partial charge is 0.313 e. The largest absolute Gasteiger partial charge is 0.386 e. The highest BCUT2D eigenvalue weighted by molar-refractivity contribution is 6.39. The lowest BCUT2D eigenvalue weighted by atomic mass is 10.1. The number of fused-ring (bicyclic) bond motifs is 1. The number of carbonyl (C=O) groups is 2. The zero-order valence-electron chi connectivity index (χ0n) is 13.8. The summed E-state index contributed by atoms with van der Waals surface area (Å²) in [6.45, 7) is -0.0466. The molecule has 25 heavy (non-hydrogen) atoms. The summed E-state index contributed by atoms with van der Waals surface area (Å²) in [5, 5.41) is 16.3. The van der Waals surface area contributed by atoms with Crippen molar-refractivity contribution in [2.75, 3.05) is 11.9 Å². The van der Waals surface area contributed by atoms with E-state index in [1.807, 2.05) is 48.1 Å². The van der Waals surface area contributed by atoms with Crippen molar-refractivity contribution < 1.29 is 14.7 Å². The molecule has 6 nitrogen and oxygen atoms in total. The summed E-state index contributed by atoms with van der Waals surface area (Å²) in [5.41, 5.74) is 2.24. The van der Waals surface area contributed by atoms with Gasteiger partial charge in [-0.2, -0.15) is 0 Å². The number of aliphatic hydroxyl groups excluding tert-OH is 1. The number of hydrogen-bond donors (Lipinski definition) is 3. The Balaban J connectivity index is 1.62.